The molecule has 0 radical (unpaired) electrons. The molecule has 3 atom stereocenters. The average molecular weight is 411 g/mol. The van der Waals surface area contributed by atoms with E-state index < -0.39 is 30.8 Å². The molecule has 2 aromatic rings. The molecule has 4 nitrogen and oxygen atoms in total. The number of hydrogen-bond donors (Lipinski definition) is 1. The normalized spacial score (nSPS) is 27.1. The van der Waals surface area contributed by atoms with E-state index in [1.165, 1.54) is 36.4 Å². The average Bonchev–Trinajstić information content (AvgIpc) is 3.25. The Hall–Kier alpha value is -2.00. The van der Waals surface area contributed by atoms with Gasteiger partial charge in [0.1, 0.15) is 12.5 Å². The number of fused-ring (bicyclic) bond motifs is 1. The molecule has 2 aliphatic rings. The number of halogens is 4. The molecule has 1 unspecified atom stereocenters. The largest absolute Gasteiger partial charge is 0.396 e. The second kappa shape index (κ2) is 8.02. The third kappa shape index (κ3) is 3.66. The molecule has 0 bridgehead atoms. The number of hydrogen-bond acceptors (Lipinski definition) is 4. The molecule has 0 aromatic heterocycles. The van der Waals surface area contributed by atoms with Gasteiger partial charge in [-0.3, -0.25) is 0 Å². The van der Waals surface area contributed by atoms with Crippen LogP contribution >= 0.6 is 0 Å². The zero-order valence-corrected chi connectivity index (χ0v) is 15.5. The fraction of sp³-hybridized carbons (Fsp3) is 0.429. The Bertz CT molecular complexity index is 800. The van der Waals surface area contributed by atoms with Crippen LogP contribution in [0.3, 0.4) is 0 Å². The number of aliphatic hydroxyl groups excluding tert-OH is 1. The maximum Gasteiger partial charge on any atom is 0.263 e. The Morgan fingerprint density at radius 3 is 1.79 bits per heavy atom. The SMILES string of the molecule is OCC[C@]12COC(c3cccc(C(F)F)c3)N1[C@H](c1cccc(C(F)F)c1)OC2. The van der Waals surface area contributed by atoms with Crippen LogP contribution in [0.25, 0.3) is 0 Å². The summed E-state index contributed by atoms with van der Waals surface area (Å²) in [7, 11) is 0. The molecule has 29 heavy (non-hydrogen) atoms. The maximum absolute atomic E-state index is 13.2. The molecule has 4 rings (SSSR count). The van der Waals surface area contributed by atoms with Crippen molar-refractivity contribution in [3.8, 4) is 0 Å². The minimum atomic E-state index is -2.62. The molecule has 156 valence electrons. The Kier molecular flexibility index (Phi) is 5.61. The summed E-state index contributed by atoms with van der Waals surface area (Å²) >= 11 is 0. The van der Waals surface area contributed by atoms with Gasteiger partial charge >= 0.3 is 0 Å². The van der Waals surface area contributed by atoms with Crippen LogP contribution in [0.15, 0.2) is 48.5 Å². The van der Waals surface area contributed by atoms with Gasteiger partial charge < -0.3 is 14.6 Å². The van der Waals surface area contributed by atoms with E-state index in [-0.39, 0.29) is 30.9 Å². The van der Waals surface area contributed by atoms with Crippen molar-refractivity contribution >= 4 is 0 Å². The summed E-state index contributed by atoms with van der Waals surface area (Å²) in [5.41, 5.74) is 0.154. The van der Waals surface area contributed by atoms with Crippen molar-refractivity contribution in [3.05, 3.63) is 70.8 Å². The first-order valence-corrected chi connectivity index (χ1v) is 9.34. The number of rotatable bonds is 6. The van der Waals surface area contributed by atoms with E-state index in [4.69, 9.17) is 9.47 Å². The van der Waals surface area contributed by atoms with Gasteiger partial charge in [-0.2, -0.15) is 0 Å². The lowest BCUT2D eigenvalue weighted by Gasteiger charge is -2.34. The highest BCUT2D eigenvalue weighted by molar-refractivity contribution is 5.31. The molecule has 2 fully saturated rings. The molecule has 2 aromatic carbocycles. The summed E-state index contributed by atoms with van der Waals surface area (Å²) in [4.78, 5) is 1.87. The van der Waals surface area contributed by atoms with E-state index in [2.05, 4.69) is 0 Å². The van der Waals surface area contributed by atoms with Crippen molar-refractivity contribution in [3.63, 3.8) is 0 Å². The second-order valence-electron chi connectivity index (χ2n) is 7.37. The van der Waals surface area contributed by atoms with Crippen LogP contribution in [-0.2, 0) is 9.47 Å². The molecule has 0 aliphatic carbocycles. The van der Waals surface area contributed by atoms with Crippen LogP contribution in [0, 0.1) is 0 Å². The maximum atomic E-state index is 13.2. The van der Waals surface area contributed by atoms with Crippen molar-refractivity contribution in [2.75, 3.05) is 19.8 Å². The van der Waals surface area contributed by atoms with E-state index in [1.807, 2.05) is 4.90 Å². The monoisotopic (exact) mass is 411 g/mol. The summed E-state index contributed by atoms with van der Waals surface area (Å²) in [6, 6.07) is 11.9. The highest BCUT2D eigenvalue weighted by Crippen LogP contribution is 2.50. The molecule has 0 amide bonds. The van der Waals surface area contributed by atoms with Crippen LogP contribution in [-0.4, -0.2) is 35.4 Å². The van der Waals surface area contributed by atoms with Gasteiger partial charge in [0.2, 0.25) is 0 Å². The molecule has 8 heteroatoms. The number of aliphatic hydroxyl groups is 1. The van der Waals surface area contributed by atoms with Gasteiger partial charge in [-0.25, -0.2) is 22.5 Å². The second-order valence-corrected chi connectivity index (χ2v) is 7.37. The van der Waals surface area contributed by atoms with Gasteiger partial charge in [-0.15, -0.1) is 0 Å². The number of ether oxygens (including phenoxy) is 2. The van der Waals surface area contributed by atoms with E-state index >= 15 is 0 Å². The van der Waals surface area contributed by atoms with Crippen LogP contribution in [0.2, 0.25) is 0 Å². The third-order valence-electron chi connectivity index (χ3n) is 5.55. The van der Waals surface area contributed by atoms with Crippen LogP contribution in [0.4, 0.5) is 17.6 Å². The summed E-state index contributed by atoms with van der Waals surface area (Å²) < 4.78 is 64.6. The number of benzene rings is 2. The van der Waals surface area contributed by atoms with Gasteiger partial charge in [0, 0.05) is 17.7 Å². The zero-order valence-electron chi connectivity index (χ0n) is 15.5. The highest BCUT2D eigenvalue weighted by atomic mass is 19.3. The Morgan fingerprint density at radius 2 is 1.38 bits per heavy atom. The quantitative estimate of drug-likeness (QED) is 0.697. The first-order chi connectivity index (χ1) is 13.9. The molecule has 2 saturated heterocycles. The first kappa shape index (κ1) is 20.3. The van der Waals surface area contributed by atoms with Crippen molar-refractivity contribution < 1.29 is 32.1 Å². The van der Waals surface area contributed by atoms with Crippen LogP contribution in [0.1, 0.15) is 54.0 Å². The minimum Gasteiger partial charge on any atom is -0.396 e. The summed E-state index contributed by atoms with van der Waals surface area (Å²) in [5, 5.41) is 9.58. The lowest BCUT2D eigenvalue weighted by molar-refractivity contribution is -0.0625. The summed E-state index contributed by atoms with van der Waals surface area (Å²) in [6.07, 6.45) is -6.27. The van der Waals surface area contributed by atoms with Crippen LogP contribution < -0.4 is 0 Å². The van der Waals surface area contributed by atoms with Crippen molar-refractivity contribution in [2.24, 2.45) is 0 Å². The van der Waals surface area contributed by atoms with Gasteiger partial charge in [-0.1, -0.05) is 36.4 Å². The minimum absolute atomic E-state index is 0.114. The number of nitrogens with zero attached hydrogens (tertiary/aromatic N) is 1. The van der Waals surface area contributed by atoms with Crippen LogP contribution in [0.5, 0.6) is 0 Å². The lowest BCUT2D eigenvalue weighted by atomic mass is 9.95. The fourth-order valence-electron chi connectivity index (χ4n) is 4.13. The van der Waals surface area contributed by atoms with E-state index in [1.54, 1.807) is 12.1 Å². The zero-order chi connectivity index (χ0) is 20.6. The Balaban J connectivity index is 1.73. The number of alkyl halides is 4. The topological polar surface area (TPSA) is 41.9 Å². The molecule has 0 saturated carbocycles. The van der Waals surface area contributed by atoms with E-state index in [0.29, 0.717) is 17.5 Å². The third-order valence-corrected chi connectivity index (χ3v) is 5.55. The van der Waals surface area contributed by atoms with Gasteiger partial charge in [0.05, 0.1) is 18.8 Å². The van der Waals surface area contributed by atoms with Crippen molar-refractivity contribution in [2.45, 2.75) is 37.3 Å². The van der Waals surface area contributed by atoms with Gasteiger partial charge in [0.25, 0.3) is 12.9 Å². The Morgan fingerprint density at radius 1 is 0.897 bits per heavy atom. The summed E-state index contributed by atoms with van der Waals surface area (Å²) in [6.45, 7) is 0.362. The Labute approximate surface area is 165 Å². The summed E-state index contributed by atoms with van der Waals surface area (Å²) in [5.74, 6) is 0. The van der Waals surface area contributed by atoms with Crippen molar-refractivity contribution in [1.29, 1.82) is 0 Å². The highest BCUT2D eigenvalue weighted by Gasteiger charge is 2.56. The molecular weight excluding hydrogens is 390 g/mol. The van der Waals surface area contributed by atoms with Gasteiger partial charge in [-0.05, 0) is 29.7 Å². The molecule has 2 heterocycles. The smallest absolute Gasteiger partial charge is 0.263 e. The first-order valence-electron chi connectivity index (χ1n) is 9.34. The molecule has 1 N–H and O–H groups in total. The fourth-order valence-corrected chi connectivity index (χ4v) is 4.13. The molecule has 2 aliphatic heterocycles. The molecular formula is C21H21F4NO3. The van der Waals surface area contributed by atoms with E-state index in [9.17, 15) is 22.7 Å². The van der Waals surface area contributed by atoms with Gasteiger partial charge in [0.15, 0.2) is 0 Å². The lowest BCUT2D eigenvalue weighted by Crippen LogP contribution is -2.45. The standard InChI is InChI=1S/C21H21F4NO3/c22-17(23)13-3-1-5-15(9-13)19-26-20(16-6-2-4-14(10-16)18(24)25)29-12-21(26,7-8-27)11-28-19/h1-6,9-10,17-20,27H,7-8,11-12H2/t19-,20?,21-/m0/s1. The van der Waals surface area contributed by atoms with E-state index in [0.717, 1.165) is 0 Å². The predicted octanol–water partition coefficient (Wildman–Crippen LogP) is 4.74. The molecule has 0 spiro atoms. The van der Waals surface area contributed by atoms with Crippen molar-refractivity contribution in [1.82, 2.24) is 4.90 Å². The predicted molar refractivity (Wildman–Crippen MR) is 96.5 cm³/mol.